The molecule has 1 amide bonds. The lowest BCUT2D eigenvalue weighted by Crippen LogP contribution is -2.25. The predicted octanol–water partition coefficient (Wildman–Crippen LogP) is 5.61. The van der Waals surface area contributed by atoms with Crippen molar-refractivity contribution < 1.29 is 13.6 Å². The van der Waals surface area contributed by atoms with Gasteiger partial charge in [0.05, 0.1) is 12.8 Å². The lowest BCUT2D eigenvalue weighted by molar-refractivity contribution is -0.121. The Kier molecular flexibility index (Phi) is 5.70. The average Bonchev–Trinajstić information content (AvgIpc) is 3.42. The first-order valence-corrected chi connectivity index (χ1v) is 10.2. The molecule has 2 aromatic heterocycles. The molecule has 0 radical (unpaired) electrons. The first kappa shape index (κ1) is 20.0. The number of H-pyrrole nitrogens is 1. The van der Waals surface area contributed by atoms with Crippen LogP contribution in [0.25, 0.3) is 10.9 Å². The van der Waals surface area contributed by atoms with Crippen molar-refractivity contribution in [2.75, 3.05) is 0 Å². The van der Waals surface area contributed by atoms with Gasteiger partial charge in [-0.3, -0.25) is 4.79 Å². The van der Waals surface area contributed by atoms with Gasteiger partial charge >= 0.3 is 0 Å². The number of furan rings is 1. The third-order valence-corrected chi connectivity index (χ3v) is 5.55. The summed E-state index contributed by atoms with van der Waals surface area (Å²) in [5, 5.41) is 3.91. The Balaban J connectivity index is 1.71. The number of nitrogens with one attached hydrogen (secondary N) is 2. The molecule has 0 unspecified atom stereocenters. The minimum atomic E-state index is -0.401. The molecule has 154 valence electrons. The number of carbonyl (C=O) groups is 1. The fraction of sp³-hybridized carbons (Fsp3) is 0.240. The van der Waals surface area contributed by atoms with E-state index in [0.29, 0.717) is 17.9 Å². The normalized spacial score (nSPS) is 12.2. The van der Waals surface area contributed by atoms with E-state index < -0.39 is 5.92 Å². The van der Waals surface area contributed by atoms with E-state index in [-0.39, 0.29) is 18.1 Å². The molecule has 0 spiro atoms. The first-order valence-electron chi connectivity index (χ1n) is 10.2. The van der Waals surface area contributed by atoms with Gasteiger partial charge in [-0.1, -0.05) is 42.8 Å². The van der Waals surface area contributed by atoms with E-state index in [9.17, 15) is 9.18 Å². The van der Waals surface area contributed by atoms with E-state index in [1.165, 1.54) is 11.6 Å². The molecule has 0 fully saturated rings. The van der Waals surface area contributed by atoms with Gasteiger partial charge in [-0.15, -0.1) is 0 Å². The highest BCUT2D eigenvalue weighted by Crippen LogP contribution is 2.36. The van der Waals surface area contributed by atoms with Crippen molar-refractivity contribution >= 4 is 16.8 Å². The molecular weight excluding hydrogens is 379 g/mol. The molecule has 5 heteroatoms. The Morgan fingerprint density at radius 3 is 2.80 bits per heavy atom. The van der Waals surface area contributed by atoms with Crippen LogP contribution in [0.4, 0.5) is 4.39 Å². The van der Waals surface area contributed by atoms with E-state index in [4.69, 9.17) is 4.42 Å². The number of aromatic nitrogens is 1. The monoisotopic (exact) mass is 404 g/mol. The summed E-state index contributed by atoms with van der Waals surface area (Å²) >= 11 is 0. The van der Waals surface area contributed by atoms with Crippen LogP contribution in [-0.2, 0) is 17.8 Å². The minimum Gasteiger partial charge on any atom is -0.467 e. The van der Waals surface area contributed by atoms with Crippen LogP contribution in [-0.4, -0.2) is 10.9 Å². The van der Waals surface area contributed by atoms with Crippen molar-refractivity contribution in [3.63, 3.8) is 0 Å². The van der Waals surface area contributed by atoms with Crippen molar-refractivity contribution in [3.8, 4) is 0 Å². The maximum absolute atomic E-state index is 14.9. The van der Waals surface area contributed by atoms with Gasteiger partial charge in [-0.25, -0.2) is 4.39 Å². The van der Waals surface area contributed by atoms with Gasteiger partial charge < -0.3 is 14.7 Å². The molecule has 0 bridgehead atoms. The zero-order chi connectivity index (χ0) is 21.1. The van der Waals surface area contributed by atoms with E-state index in [1.807, 2.05) is 37.4 Å². The summed E-state index contributed by atoms with van der Waals surface area (Å²) in [5.74, 6) is -0.174. The summed E-state index contributed by atoms with van der Waals surface area (Å²) in [6.07, 6.45) is 4.52. The fourth-order valence-electron chi connectivity index (χ4n) is 4.00. The lowest BCUT2D eigenvalue weighted by atomic mass is 9.86. The number of benzene rings is 2. The fourth-order valence-corrected chi connectivity index (χ4v) is 4.00. The molecular formula is C25H25FN2O2. The number of amides is 1. The number of halogens is 1. The van der Waals surface area contributed by atoms with Gasteiger partial charge in [0.25, 0.3) is 0 Å². The Hall–Kier alpha value is -3.34. The molecule has 4 nitrogen and oxygen atoms in total. The lowest BCUT2D eigenvalue weighted by Gasteiger charge is -2.18. The molecule has 4 aromatic rings. The standard InChI is InChI=1S/C25H25FN2O2/c1-3-17-6-4-8-19-22(15-28-25(17)19)20(21-12-16(2)9-10-23(21)26)13-24(29)27-14-18-7-5-11-30-18/h4-12,15,20,28H,3,13-14H2,1-2H3,(H,27,29)/t20-/m0/s1. The number of aryl methyl sites for hydroxylation is 2. The topological polar surface area (TPSA) is 58.0 Å². The molecule has 4 rings (SSSR count). The van der Waals surface area contributed by atoms with Crippen molar-refractivity contribution in [1.29, 1.82) is 0 Å². The maximum atomic E-state index is 14.9. The van der Waals surface area contributed by atoms with Crippen molar-refractivity contribution in [2.24, 2.45) is 0 Å². The molecule has 0 aliphatic rings. The summed E-state index contributed by atoms with van der Waals surface area (Å²) in [4.78, 5) is 16.1. The Labute approximate surface area is 175 Å². The molecule has 0 saturated heterocycles. The Bertz CT molecular complexity index is 1160. The van der Waals surface area contributed by atoms with Crippen LogP contribution < -0.4 is 5.32 Å². The quantitative estimate of drug-likeness (QED) is 0.421. The highest BCUT2D eigenvalue weighted by molar-refractivity contribution is 5.88. The summed E-state index contributed by atoms with van der Waals surface area (Å²) in [5.41, 5.74) is 4.67. The Morgan fingerprint density at radius 2 is 2.03 bits per heavy atom. The maximum Gasteiger partial charge on any atom is 0.221 e. The number of rotatable bonds is 7. The largest absolute Gasteiger partial charge is 0.467 e. The van der Waals surface area contributed by atoms with Crippen LogP contribution in [0.1, 0.15) is 47.3 Å². The minimum absolute atomic E-state index is 0.143. The third-order valence-electron chi connectivity index (χ3n) is 5.55. The SMILES string of the molecule is CCc1cccc2c([C@@H](CC(=O)NCc3ccco3)c3cc(C)ccc3F)c[nH]c12. The van der Waals surface area contributed by atoms with E-state index in [2.05, 4.69) is 23.3 Å². The van der Waals surface area contributed by atoms with Crippen molar-refractivity contribution in [1.82, 2.24) is 10.3 Å². The smallest absolute Gasteiger partial charge is 0.221 e. The summed E-state index contributed by atoms with van der Waals surface area (Å²) in [7, 11) is 0. The molecule has 30 heavy (non-hydrogen) atoms. The number of hydrogen-bond donors (Lipinski definition) is 2. The number of hydrogen-bond acceptors (Lipinski definition) is 2. The summed E-state index contributed by atoms with van der Waals surface area (Å²) in [6.45, 7) is 4.35. The highest BCUT2D eigenvalue weighted by atomic mass is 19.1. The van der Waals surface area contributed by atoms with Gasteiger partial charge in [-0.2, -0.15) is 0 Å². The average molecular weight is 404 g/mol. The Morgan fingerprint density at radius 1 is 1.17 bits per heavy atom. The van der Waals surface area contributed by atoms with Crippen LogP contribution in [0.15, 0.2) is 65.4 Å². The van der Waals surface area contributed by atoms with Gasteiger partial charge in [0.1, 0.15) is 11.6 Å². The number of aromatic amines is 1. The number of fused-ring (bicyclic) bond motifs is 1. The molecule has 0 aliphatic carbocycles. The second kappa shape index (κ2) is 8.57. The number of carbonyl (C=O) groups excluding carboxylic acids is 1. The van der Waals surface area contributed by atoms with Gasteiger partial charge in [0, 0.05) is 29.4 Å². The molecule has 2 N–H and O–H groups in total. The van der Waals surface area contributed by atoms with Gasteiger partial charge in [0.15, 0.2) is 0 Å². The zero-order valence-corrected chi connectivity index (χ0v) is 17.2. The summed E-state index contributed by atoms with van der Waals surface area (Å²) in [6, 6.07) is 14.8. The molecule has 0 aliphatic heterocycles. The third kappa shape index (κ3) is 4.01. The van der Waals surface area contributed by atoms with Crippen molar-refractivity contribution in [3.05, 3.63) is 94.8 Å². The molecule has 0 saturated carbocycles. The van der Waals surface area contributed by atoms with Crippen LogP contribution in [0.3, 0.4) is 0 Å². The second-order valence-corrected chi connectivity index (χ2v) is 7.58. The van der Waals surface area contributed by atoms with E-state index >= 15 is 0 Å². The van der Waals surface area contributed by atoms with Crippen LogP contribution in [0.5, 0.6) is 0 Å². The second-order valence-electron chi connectivity index (χ2n) is 7.58. The van der Waals surface area contributed by atoms with Crippen LogP contribution in [0, 0.1) is 12.7 Å². The predicted molar refractivity (Wildman–Crippen MR) is 116 cm³/mol. The molecule has 2 aromatic carbocycles. The zero-order valence-electron chi connectivity index (χ0n) is 17.2. The molecule has 1 atom stereocenters. The summed E-state index contributed by atoms with van der Waals surface area (Å²) < 4.78 is 20.1. The van der Waals surface area contributed by atoms with Gasteiger partial charge in [0.2, 0.25) is 5.91 Å². The molecule has 2 heterocycles. The number of para-hydroxylation sites is 1. The van der Waals surface area contributed by atoms with E-state index in [1.54, 1.807) is 18.4 Å². The van der Waals surface area contributed by atoms with Crippen LogP contribution >= 0.6 is 0 Å². The van der Waals surface area contributed by atoms with Gasteiger partial charge in [-0.05, 0) is 48.2 Å². The van der Waals surface area contributed by atoms with Crippen molar-refractivity contribution in [2.45, 2.75) is 39.2 Å². The van der Waals surface area contributed by atoms with Crippen LogP contribution in [0.2, 0.25) is 0 Å². The highest BCUT2D eigenvalue weighted by Gasteiger charge is 2.24. The van der Waals surface area contributed by atoms with E-state index in [0.717, 1.165) is 28.5 Å². The first-order chi connectivity index (χ1) is 14.6.